The molecule has 1 aromatic rings. The Morgan fingerprint density at radius 3 is 2.61 bits per heavy atom. The summed E-state index contributed by atoms with van der Waals surface area (Å²) in [6, 6.07) is 4.70. The van der Waals surface area contributed by atoms with Gasteiger partial charge in [-0.25, -0.2) is 8.42 Å². The fourth-order valence-corrected chi connectivity index (χ4v) is 3.76. The van der Waals surface area contributed by atoms with E-state index >= 15 is 0 Å². The Hall–Kier alpha value is -0.630. The summed E-state index contributed by atoms with van der Waals surface area (Å²) in [5, 5.41) is 8.95. The minimum absolute atomic E-state index is 0.0683. The van der Waals surface area contributed by atoms with Crippen molar-refractivity contribution < 1.29 is 13.5 Å². The van der Waals surface area contributed by atoms with Crippen LogP contribution < -0.4 is 5.73 Å². The minimum Gasteiger partial charge on any atom is -0.398 e. The third kappa shape index (κ3) is 3.44. The van der Waals surface area contributed by atoms with Crippen molar-refractivity contribution in [1.29, 1.82) is 0 Å². The van der Waals surface area contributed by atoms with E-state index in [0.717, 1.165) is 0 Å². The normalized spacial score (nSPS) is 12.0. The fourth-order valence-electron chi connectivity index (χ4n) is 1.58. The lowest BCUT2D eigenvalue weighted by atomic mass is 10.3. The van der Waals surface area contributed by atoms with E-state index in [-0.39, 0.29) is 23.7 Å². The van der Waals surface area contributed by atoms with E-state index in [2.05, 4.69) is 15.9 Å². The van der Waals surface area contributed by atoms with Crippen LogP contribution in [0.3, 0.4) is 0 Å². The van der Waals surface area contributed by atoms with Gasteiger partial charge >= 0.3 is 0 Å². The molecule has 18 heavy (non-hydrogen) atoms. The minimum atomic E-state index is -3.66. The molecule has 0 aromatic heterocycles. The molecule has 0 saturated heterocycles. The average molecular weight is 337 g/mol. The number of nitrogen functional groups attached to an aromatic ring is 1. The first-order valence-electron chi connectivity index (χ1n) is 5.59. The van der Waals surface area contributed by atoms with Crippen molar-refractivity contribution >= 4 is 31.6 Å². The standard InChI is InChI=1S/C11H17BrN2O3S/c1-2-5-14(6-7-15)18(16,17)11-8-9(12)3-4-10(11)13/h3-4,8,15H,2,5-7,13H2,1H3. The maximum atomic E-state index is 12.4. The molecule has 0 bridgehead atoms. The summed E-state index contributed by atoms with van der Waals surface area (Å²) in [4.78, 5) is 0.0683. The summed E-state index contributed by atoms with van der Waals surface area (Å²) in [5.41, 5.74) is 5.92. The second-order valence-electron chi connectivity index (χ2n) is 3.81. The number of aliphatic hydroxyl groups excluding tert-OH is 1. The first kappa shape index (κ1) is 15.4. The largest absolute Gasteiger partial charge is 0.398 e. The Morgan fingerprint density at radius 1 is 1.39 bits per heavy atom. The lowest BCUT2D eigenvalue weighted by Crippen LogP contribution is -2.34. The maximum absolute atomic E-state index is 12.4. The molecular weight excluding hydrogens is 320 g/mol. The molecule has 0 atom stereocenters. The Balaban J connectivity index is 3.21. The van der Waals surface area contributed by atoms with Crippen molar-refractivity contribution in [2.45, 2.75) is 18.2 Å². The fraction of sp³-hybridized carbons (Fsp3) is 0.455. The Bertz CT molecular complexity index is 499. The monoisotopic (exact) mass is 336 g/mol. The van der Waals surface area contributed by atoms with Crippen molar-refractivity contribution in [3.63, 3.8) is 0 Å². The summed E-state index contributed by atoms with van der Waals surface area (Å²) < 4.78 is 26.7. The maximum Gasteiger partial charge on any atom is 0.245 e. The molecule has 0 spiro atoms. The molecule has 0 aliphatic rings. The second kappa shape index (κ2) is 6.51. The molecule has 7 heteroatoms. The number of nitrogens with zero attached hydrogens (tertiary/aromatic N) is 1. The van der Waals surface area contributed by atoms with Crippen molar-refractivity contribution in [2.75, 3.05) is 25.4 Å². The average Bonchev–Trinajstić information content (AvgIpc) is 2.32. The van der Waals surface area contributed by atoms with Crippen molar-refractivity contribution in [2.24, 2.45) is 0 Å². The summed E-state index contributed by atoms with van der Waals surface area (Å²) in [6.07, 6.45) is 0.674. The van der Waals surface area contributed by atoms with E-state index in [1.54, 1.807) is 12.1 Å². The Morgan fingerprint density at radius 2 is 2.06 bits per heavy atom. The second-order valence-corrected chi connectivity index (χ2v) is 6.63. The van der Waals surface area contributed by atoms with Crippen LogP contribution in [0.25, 0.3) is 0 Å². The third-order valence-electron chi connectivity index (χ3n) is 2.42. The first-order valence-corrected chi connectivity index (χ1v) is 7.82. The Kier molecular flexibility index (Phi) is 5.58. The molecule has 0 unspecified atom stereocenters. The number of halogens is 1. The van der Waals surface area contributed by atoms with Crippen LogP contribution in [0, 0.1) is 0 Å². The van der Waals surface area contributed by atoms with Gasteiger partial charge in [-0.05, 0) is 24.6 Å². The van der Waals surface area contributed by atoms with Gasteiger partial charge in [0.05, 0.1) is 12.3 Å². The molecule has 102 valence electrons. The summed E-state index contributed by atoms with van der Waals surface area (Å²) in [7, 11) is -3.66. The highest BCUT2D eigenvalue weighted by Gasteiger charge is 2.25. The zero-order chi connectivity index (χ0) is 13.8. The number of hydrogen-bond acceptors (Lipinski definition) is 4. The highest BCUT2D eigenvalue weighted by atomic mass is 79.9. The number of anilines is 1. The summed E-state index contributed by atoms with van der Waals surface area (Å²) >= 11 is 3.23. The molecule has 0 radical (unpaired) electrons. The molecule has 0 heterocycles. The SMILES string of the molecule is CCCN(CCO)S(=O)(=O)c1cc(Br)ccc1N. The zero-order valence-electron chi connectivity index (χ0n) is 10.1. The lowest BCUT2D eigenvalue weighted by molar-refractivity contribution is 0.253. The van der Waals surface area contributed by atoms with E-state index < -0.39 is 10.0 Å². The van der Waals surface area contributed by atoms with Gasteiger partial charge in [-0.1, -0.05) is 22.9 Å². The number of benzene rings is 1. The Labute approximate surface area is 116 Å². The highest BCUT2D eigenvalue weighted by Crippen LogP contribution is 2.26. The van der Waals surface area contributed by atoms with Crippen LogP contribution in [0.5, 0.6) is 0 Å². The van der Waals surface area contributed by atoms with Crippen LogP contribution in [-0.2, 0) is 10.0 Å². The van der Waals surface area contributed by atoms with Gasteiger partial charge in [-0.3, -0.25) is 0 Å². The molecular formula is C11H17BrN2O3S. The van der Waals surface area contributed by atoms with Crippen molar-refractivity contribution in [3.05, 3.63) is 22.7 Å². The van der Waals surface area contributed by atoms with E-state index in [4.69, 9.17) is 10.8 Å². The molecule has 0 aliphatic carbocycles. The van der Waals surface area contributed by atoms with Crippen LogP contribution in [-0.4, -0.2) is 37.5 Å². The molecule has 0 aliphatic heterocycles. The van der Waals surface area contributed by atoms with E-state index in [1.807, 2.05) is 6.92 Å². The van der Waals surface area contributed by atoms with Gasteiger partial charge in [-0.2, -0.15) is 4.31 Å². The van der Waals surface area contributed by atoms with Crippen LogP contribution in [0.4, 0.5) is 5.69 Å². The zero-order valence-corrected chi connectivity index (χ0v) is 12.5. The number of sulfonamides is 1. The summed E-state index contributed by atoms with van der Waals surface area (Å²) in [6.45, 7) is 2.09. The molecule has 3 N–H and O–H groups in total. The molecule has 1 rings (SSSR count). The van der Waals surface area contributed by atoms with Crippen LogP contribution in [0.2, 0.25) is 0 Å². The van der Waals surface area contributed by atoms with Gasteiger partial charge in [0.15, 0.2) is 0 Å². The van der Waals surface area contributed by atoms with E-state index in [1.165, 1.54) is 10.4 Å². The van der Waals surface area contributed by atoms with E-state index in [9.17, 15) is 8.42 Å². The van der Waals surface area contributed by atoms with Crippen LogP contribution in [0.1, 0.15) is 13.3 Å². The highest BCUT2D eigenvalue weighted by molar-refractivity contribution is 9.10. The first-order chi connectivity index (χ1) is 8.43. The van der Waals surface area contributed by atoms with Crippen LogP contribution in [0.15, 0.2) is 27.6 Å². The van der Waals surface area contributed by atoms with Gasteiger partial charge < -0.3 is 10.8 Å². The quantitative estimate of drug-likeness (QED) is 0.769. The number of aliphatic hydroxyl groups is 1. The van der Waals surface area contributed by atoms with Crippen molar-refractivity contribution in [3.8, 4) is 0 Å². The summed E-state index contributed by atoms with van der Waals surface area (Å²) in [5.74, 6) is 0. The van der Waals surface area contributed by atoms with Gasteiger partial charge in [-0.15, -0.1) is 0 Å². The van der Waals surface area contributed by atoms with Gasteiger partial charge in [0.2, 0.25) is 10.0 Å². The molecule has 0 fully saturated rings. The van der Waals surface area contributed by atoms with Gasteiger partial charge in [0.1, 0.15) is 4.90 Å². The van der Waals surface area contributed by atoms with E-state index in [0.29, 0.717) is 17.4 Å². The van der Waals surface area contributed by atoms with Gasteiger partial charge in [0, 0.05) is 17.6 Å². The number of nitrogens with two attached hydrogens (primary N) is 1. The molecule has 0 amide bonds. The topological polar surface area (TPSA) is 83.6 Å². The van der Waals surface area contributed by atoms with Crippen LogP contribution >= 0.6 is 15.9 Å². The third-order valence-corrected chi connectivity index (χ3v) is 4.86. The van der Waals surface area contributed by atoms with Crippen molar-refractivity contribution in [1.82, 2.24) is 4.31 Å². The van der Waals surface area contributed by atoms with Gasteiger partial charge in [0.25, 0.3) is 0 Å². The molecule has 5 nitrogen and oxygen atoms in total. The molecule has 0 saturated carbocycles. The predicted octanol–water partition coefficient (Wildman–Crippen LogP) is 1.42. The lowest BCUT2D eigenvalue weighted by Gasteiger charge is -2.21. The molecule has 1 aromatic carbocycles. The number of rotatable bonds is 6. The predicted molar refractivity (Wildman–Crippen MR) is 74.7 cm³/mol. The number of hydrogen-bond donors (Lipinski definition) is 2. The smallest absolute Gasteiger partial charge is 0.245 e.